The normalized spacial score (nSPS) is 13.9. The fourth-order valence-corrected chi connectivity index (χ4v) is 8.99. The molecule has 47 heavy (non-hydrogen) atoms. The van der Waals surface area contributed by atoms with Crippen LogP contribution in [0.15, 0.2) is 144 Å². The maximum absolute atomic E-state index is 6.90. The number of hydrogen-bond donors (Lipinski definition) is 0. The number of fused-ring (bicyclic) bond motifs is 18. The lowest BCUT2D eigenvalue weighted by Crippen LogP contribution is -2.15. The Bertz CT molecular complexity index is 2950. The molecule has 0 saturated carbocycles. The van der Waals surface area contributed by atoms with E-state index in [0.717, 1.165) is 16.9 Å². The van der Waals surface area contributed by atoms with Gasteiger partial charge in [0, 0.05) is 32.8 Å². The minimum atomic E-state index is -0.204. The summed E-state index contributed by atoms with van der Waals surface area (Å²) in [5.74, 6) is 0. The Morgan fingerprint density at radius 3 is 1.83 bits per heavy atom. The van der Waals surface area contributed by atoms with Crippen molar-refractivity contribution in [3.05, 3.63) is 151 Å². The third-order valence-corrected chi connectivity index (χ3v) is 10.9. The van der Waals surface area contributed by atoms with E-state index >= 15 is 0 Å². The van der Waals surface area contributed by atoms with Crippen molar-refractivity contribution in [1.82, 2.24) is 4.57 Å². The molecular weight excluding hydrogens is 571 g/mol. The second-order valence-corrected chi connectivity index (χ2v) is 13.6. The van der Waals surface area contributed by atoms with E-state index in [1.807, 2.05) is 0 Å². The lowest BCUT2D eigenvalue weighted by molar-refractivity contribution is 0.659. The second kappa shape index (κ2) is 8.69. The number of benzene rings is 8. The van der Waals surface area contributed by atoms with Crippen LogP contribution in [0.3, 0.4) is 0 Å². The molecule has 10 aromatic rings. The van der Waals surface area contributed by atoms with Gasteiger partial charge in [0.2, 0.25) is 0 Å². The zero-order valence-corrected chi connectivity index (χ0v) is 26.1. The number of nitrogens with zero attached hydrogens (tertiary/aromatic N) is 1. The quantitative estimate of drug-likeness (QED) is 0.172. The summed E-state index contributed by atoms with van der Waals surface area (Å²) in [4.78, 5) is 0. The van der Waals surface area contributed by atoms with E-state index in [9.17, 15) is 0 Å². The summed E-state index contributed by atoms with van der Waals surface area (Å²) in [6.45, 7) is 4.76. The number of furan rings is 1. The average molecular weight is 600 g/mol. The zero-order valence-electron chi connectivity index (χ0n) is 26.1. The molecule has 11 rings (SSSR count). The molecule has 1 aliphatic rings. The standard InChI is InChI=1S/C45H29NO/c1-45(2)36-20-10-7-17-32(36)39-42(45)40-34-19-9-12-22-38(34)47-44(40)41-33-18-8-11-21-37(33)46(43(39)41)26-23-24-31-29-15-4-3-13-27(29)28-14-5-6-16-30(28)35(31)25-26/h3-25H,1-2H3. The van der Waals surface area contributed by atoms with Gasteiger partial charge in [0.25, 0.3) is 0 Å². The topological polar surface area (TPSA) is 18.1 Å². The third kappa shape index (κ3) is 3.06. The highest BCUT2D eigenvalue weighted by Crippen LogP contribution is 2.58. The highest BCUT2D eigenvalue weighted by Gasteiger charge is 2.41. The first-order valence-corrected chi connectivity index (χ1v) is 16.5. The van der Waals surface area contributed by atoms with Gasteiger partial charge in [-0.3, -0.25) is 0 Å². The van der Waals surface area contributed by atoms with E-state index in [1.54, 1.807) is 0 Å². The van der Waals surface area contributed by atoms with Crippen molar-refractivity contribution < 1.29 is 4.42 Å². The molecule has 0 radical (unpaired) electrons. The maximum Gasteiger partial charge on any atom is 0.145 e. The van der Waals surface area contributed by atoms with Crippen molar-refractivity contribution in [3.63, 3.8) is 0 Å². The molecule has 8 aromatic carbocycles. The lowest BCUT2D eigenvalue weighted by Gasteiger charge is -2.22. The van der Waals surface area contributed by atoms with Crippen LogP contribution in [0.25, 0.3) is 92.9 Å². The van der Waals surface area contributed by atoms with Crippen LogP contribution in [-0.2, 0) is 5.41 Å². The number of hydrogen-bond acceptors (Lipinski definition) is 1. The van der Waals surface area contributed by atoms with Gasteiger partial charge in [-0.1, -0.05) is 129 Å². The van der Waals surface area contributed by atoms with Gasteiger partial charge in [-0.2, -0.15) is 0 Å². The molecular formula is C45H29NO. The van der Waals surface area contributed by atoms with E-state index in [4.69, 9.17) is 4.42 Å². The first-order valence-electron chi connectivity index (χ1n) is 16.5. The van der Waals surface area contributed by atoms with Crippen LogP contribution < -0.4 is 0 Å². The molecule has 1 aliphatic carbocycles. The fourth-order valence-electron chi connectivity index (χ4n) is 8.99. The van der Waals surface area contributed by atoms with E-state index in [-0.39, 0.29) is 5.41 Å². The van der Waals surface area contributed by atoms with Crippen LogP contribution in [0.2, 0.25) is 0 Å². The Balaban J connectivity index is 1.39. The van der Waals surface area contributed by atoms with Crippen molar-refractivity contribution in [3.8, 4) is 16.8 Å². The number of para-hydroxylation sites is 2. The van der Waals surface area contributed by atoms with Gasteiger partial charge < -0.3 is 8.98 Å². The summed E-state index contributed by atoms with van der Waals surface area (Å²) in [7, 11) is 0. The largest absolute Gasteiger partial charge is 0.455 e. The van der Waals surface area contributed by atoms with Gasteiger partial charge in [-0.15, -0.1) is 0 Å². The fraction of sp³-hybridized carbons (Fsp3) is 0.0667. The van der Waals surface area contributed by atoms with Crippen LogP contribution in [0.5, 0.6) is 0 Å². The molecule has 220 valence electrons. The van der Waals surface area contributed by atoms with Gasteiger partial charge in [-0.25, -0.2) is 0 Å². The molecule has 0 N–H and O–H groups in total. The highest BCUT2D eigenvalue weighted by molar-refractivity contribution is 6.30. The van der Waals surface area contributed by atoms with Crippen molar-refractivity contribution in [1.29, 1.82) is 0 Å². The van der Waals surface area contributed by atoms with Crippen molar-refractivity contribution in [2.45, 2.75) is 19.3 Å². The van der Waals surface area contributed by atoms with Gasteiger partial charge >= 0.3 is 0 Å². The van der Waals surface area contributed by atoms with Gasteiger partial charge in [0.15, 0.2) is 0 Å². The monoisotopic (exact) mass is 599 g/mol. The first-order chi connectivity index (χ1) is 23.1. The highest BCUT2D eigenvalue weighted by atomic mass is 16.3. The molecule has 0 atom stereocenters. The third-order valence-electron chi connectivity index (χ3n) is 10.9. The zero-order chi connectivity index (χ0) is 31.0. The molecule has 0 spiro atoms. The molecule has 2 nitrogen and oxygen atoms in total. The van der Waals surface area contributed by atoms with Crippen LogP contribution in [0, 0.1) is 0 Å². The van der Waals surface area contributed by atoms with Crippen LogP contribution >= 0.6 is 0 Å². The summed E-state index contributed by atoms with van der Waals surface area (Å²) in [6.07, 6.45) is 0. The molecule has 0 aliphatic heterocycles. The number of aromatic nitrogens is 1. The van der Waals surface area contributed by atoms with E-state index in [1.165, 1.54) is 87.1 Å². The van der Waals surface area contributed by atoms with Gasteiger partial charge in [0.05, 0.1) is 16.4 Å². The summed E-state index contributed by atoms with van der Waals surface area (Å²) < 4.78 is 9.41. The van der Waals surface area contributed by atoms with Crippen LogP contribution in [0.4, 0.5) is 0 Å². The Kier molecular flexibility index (Phi) is 4.68. The van der Waals surface area contributed by atoms with Crippen molar-refractivity contribution >= 4 is 76.1 Å². The summed E-state index contributed by atoms with van der Waals surface area (Å²) in [5, 5.41) is 12.5. The van der Waals surface area contributed by atoms with Gasteiger partial charge in [-0.05, 0) is 73.3 Å². The van der Waals surface area contributed by atoms with Crippen molar-refractivity contribution in [2.75, 3.05) is 0 Å². The predicted molar refractivity (Wildman–Crippen MR) is 198 cm³/mol. The maximum atomic E-state index is 6.90. The average Bonchev–Trinajstić information content (AvgIpc) is 3.74. The summed E-state index contributed by atoms with van der Waals surface area (Å²) in [6, 6.07) is 51.1. The minimum absolute atomic E-state index is 0.204. The molecule has 2 heteroatoms. The first kappa shape index (κ1) is 25.3. The lowest BCUT2D eigenvalue weighted by atomic mass is 9.80. The molecule has 0 bridgehead atoms. The molecule has 0 fully saturated rings. The van der Waals surface area contributed by atoms with E-state index < -0.39 is 0 Å². The molecule has 2 aromatic heterocycles. The minimum Gasteiger partial charge on any atom is -0.455 e. The smallest absolute Gasteiger partial charge is 0.145 e. The Labute approximate surface area is 271 Å². The second-order valence-electron chi connectivity index (χ2n) is 13.6. The SMILES string of the molecule is CC1(C)c2ccccc2-c2c1c1c3ccccc3oc1c1c3ccccc3n(-c3ccc4c5ccccc5c5ccccc5c4c3)c21. The molecule has 0 saturated heterocycles. The number of rotatable bonds is 1. The van der Waals surface area contributed by atoms with Crippen LogP contribution in [-0.4, -0.2) is 4.57 Å². The van der Waals surface area contributed by atoms with Gasteiger partial charge in [0.1, 0.15) is 11.2 Å². The molecule has 0 unspecified atom stereocenters. The van der Waals surface area contributed by atoms with Crippen LogP contribution in [0.1, 0.15) is 25.0 Å². The Hall–Kier alpha value is -5.86. The Morgan fingerprint density at radius 2 is 1.09 bits per heavy atom. The summed E-state index contributed by atoms with van der Waals surface area (Å²) >= 11 is 0. The van der Waals surface area contributed by atoms with E-state index in [2.05, 4.69) is 158 Å². The van der Waals surface area contributed by atoms with E-state index in [0.29, 0.717) is 0 Å². The summed E-state index contributed by atoms with van der Waals surface area (Å²) in [5.41, 5.74) is 10.6. The van der Waals surface area contributed by atoms with Crippen molar-refractivity contribution in [2.24, 2.45) is 0 Å². The molecule has 0 amide bonds. The molecule has 2 heterocycles. The predicted octanol–water partition coefficient (Wildman–Crippen LogP) is 12.4. The Morgan fingerprint density at radius 1 is 0.511 bits per heavy atom.